The van der Waals surface area contributed by atoms with Crippen LogP contribution in [0.4, 0.5) is 11.9 Å². The van der Waals surface area contributed by atoms with Crippen molar-refractivity contribution in [3.63, 3.8) is 0 Å². The van der Waals surface area contributed by atoms with Gasteiger partial charge in [-0.25, -0.2) is 10.5 Å². The maximum Gasteiger partial charge on any atom is 0.257 e. The quantitative estimate of drug-likeness (QED) is 0.575. The molecule has 21 heavy (non-hydrogen) atoms. The Balaban J connectivity index is 1.85. The number of rotatable bonds is 4. The van der Waals surface area contributed by atoms with Crippen molar-refractivity contribution in [2.75, 3.05) is 10.7 Å². The highest BCUT2D eigenvalue weighted by Crippen LogP contribution is 2.26. The molecule has 1 aliphatic rings. The van der Waals surface area contributed by atoms with Crippen LogP contribution in [0.25, 0.3) is 5.95 Å². The summed E-state index contributed by atoms with van der Waals surface area (Å²) in [5.74, 6) is 7.34. The number of anilines is 2. The molecule has 8 nitrogen and oxygen atoms in total. The van der Waals surface area contributed by atoms with Crippen LogP contribution >= 0.6 is 0 Å². The first-order chi connectivity index (χ1) is 10.3. The number of hydrogen-bond donors (Lipinski definition) is 3. The predicted octanol–water partition coefficient (Wildman–Crippen LogP) is 1.33. The van der Waals surface area contributed by atoms with Gasteiger partial charge in [0.25, 0.3) is 5.95 Å². The molecule has 3 rings (SSSR count). The summed E-state index contributed by atoms with van der Waals surface area (Å²) in [5, 5.41) is 7.54. The molecule has 0 aliphatic heterocycles. The molecule has 1 aliphatic carbocycles. The third kappa shape index (κ3) is 3.10. The second-order valence-electron chi connectivity index (χ2n) is 5.39. The SMILES string of the molecule is CC1CCCCC1Nc1nc(NN)nc(-n2cccn2)n1. The standard InChI is InChI=1S/C13H20N8/c1-9-5-2-3-6-10(9)16-11-17-12(20-14)19-13(18-11)21-8-4-7-15-21/h4,7-10H,2-3,5-6,14H2,1H3,(H2,16,17,18,19,20). The zero-order valence-corrected chi connectivity index (χ0v) is 12.0. The third-order valence-corrected chi connectivity index (χ3v) is 3.89. The minimum absolute atomic E-state index is 0.321. The maximum absolute atomic E-state index is 5.44. The Hall–Kier alpha value is -2.22. The molecule has 2 aromatic rings. The Morgan fingerprint density at radius 1 is 1.19 bits per heavy atom. The molecule has 0 saturated heterocycles. The average molecular weight is 288 g/mol. The van der Waals surface area contributed by atoms with Gasteiger partial charge in [-0.2, -0.15) is 20.1 Å². The van der Waals surface area contributed by atoms with Gasteiger partial charge in [-0.1, -0.05) is 19.8 Å². The molecule has 2 heterocycles. The number of nitrogens with one attached hydrogen (secondary N) is 2. The fourth-order valence-electron chi connectivity index (χ4n) is 2.68. The normalized spacial score (nSPS) is 22.0. The summed E-state index contributed by atoms with van der Waals surface area (Å²) in [5.41, 5.74) is 2.47. The third-order valence-electron chi connectivity index (χ3n) is 3.89. The summed E-state index contributed by atoms with van der Waals surface area (Å²) >= 11 is 0. The van der Waals surface area contributed by atoms with Crippen LogP contribution in [0.3, 0.4) is 0 Å². The minimum Gasteiger partial charge on any atom is -0.351 e. The molecular weight excluding hydrogens is 268 g/mol. The number of nitrogens with two attached hydrogens (primary N) is 1. The van der Waals surface area contributed by atoms with E-state index in [0.29, 0.717) is 29.8 Å². The first kappa shape index (κ1) is 13.7. The van der Waals surface area contributed by atoms with Crippen molar-refractivity contribution in [1.29, 1.82) is 0 Å². The largest absolute Gasteiger partial charge is 0.351 e. The Morgan fingerprint density at radius 2 is 2.00 bits per heavy atom. The molecule has 2 atom stereocenters. The molecule has 0 aromatic carbocycles. The molecule has 0 radical (unpaired) electrons. The van der Waals surface area contributed by atoms with Crippen molar-refractivity contribution < 1.29 is 0 Å². The molecule has 0 bridgehead atoms. The fourth-order valence-corrected chi connectivity index (χ4v) is 2.68. The van der Waals surface area contributed by atoms with E-state index in [1.807, 2.05) is 6.07 Å². The Morgan fingerprint density at radius 3 is 2.71 bits per heavy atom. The summed E-state index contributed by atoms with van der Waals surface area (Å²) in [6.07, 6.45) is 8.36. The minimum atomic E-state index is 0.321. The van der Waals surface area contributed by atoms with Gasteiger partial charge in [0, 0.05) is 18.4 Å². The van der Waals surface area contributed by atoms with Crippen molar-refractivity contribution in [1.82, 2.24) is 24.7 Å². The van der Waals surface area contributed by atoms with Gasteiger partial charge in [-0.15, -0.1) is 0 Å². The van der Waals surface area contributed by atoms with E-state index in [0.717, 1.165) is 6.42 Å². The number of nitrogens with zero attached hydrogens (tertiary/aromatic N) is 5. The number of nitrogen functional groups attached to an aromatic ring is 1. The van der Waals surface area contributed by atoms with E-state index >= 15 is 0 Å². The summed E-state index contributed by atoms with van der Waals surface area (Å²) in [6, 6.07) is 2.20. The molecule has 0 amide bonds. The summed E-state index contributed by atoms with van der Waals surface area (Å²) in [7, 11) is 0. The van der Waals surface area contributed by atoms with Gasteiger partial charge in [0.2, 0.25) is 11.9 Å². The monoisotopic (exact) mass is 288 g/mol. The zero-order chi connectivity index (χ0) is 14.7. The van der Waals surface area contributed by atoms with Gasteiger partial charge in [0.1, 0.15) is 0 Å². The number of aromatic nitrogens is 5. The lowest BCUT2D eigenvalue weighted by Crippen LogP contribution is -2.31. The second-order valence-corrected chi connectivity index (χ2v) is 5.39. The lowest BCUT2D eigenvalue weighted by molar-refractivity contribution is 0.348. The van der Waals surface area contributed by atoms with Crippen molar-refractivity contribution in [3.8, 4) is 5.95 Å². The van der Waals surface area contributed by atoms with Gasteiger partial charge in [0.05, 0.1) is 0 Å². The molecule has 2 aromatic heterocycles. The Kier molecular flexibility index (Phi) is 3.96. The Bertz CT molecular complexity index is 582. The first-order valence-corrected chi connectivity index (χ1v) is 7.25. The lowest BCUT2D eigenvalue weighted by atomic mass is 9.86. The Labute approximate surface area is 123 Å². The van der Waals surface area contributed by atoms with Crippen LogP contribution in [-0.4, -0.2) is 30.8 Å². The highest BCUT2D eigenvalue weighted by molar-refractivity contribution is 5.37. The van der Waals surface area contributed by atoms with Crippen molar-refractivity contribution in [2.24, 2.45) is 11.8 Å². The van der Waals surface area contributed by atoms with Crippen molar-refractivity contribution in [3.05, 3.63) is 18.5 Å². The number of hydrazine groups is 1. The molecule has 112 valence electrons. The van der Waals surface area contributed by atoms with E-state index in [2.05, 4.69) is 37.7 Å². The van der Waals surface area contributed by atoms with Crippen LogP contribution in [0.5, 0.6) is 0 Å². The summed E-state index contributed by atoms with van der Waals surface area (Å²) in [4.78, 5) is 12.9. The molecule has 1 saturated carbocycles. The molecule has 0 spiro atoms. The average Bonchev–Trinajstić information content (AvgIpc) is 3.04. The number of hydrogen-bond acceptors (Lipinski definition) is 7. The zero-order valence-electron chi connectivity index (χ0n) is 12.0. The molecular formula is C13H20N8. The summed E-state index contributed by atoms with van der Waals surface area (Å²) < 4.78 is 1.58. The molecule has 8 heteroatoms. The summed E-state index contributed by atoms with van der Waals surface area (Å²) in [6.45, 7) is 2.26. The van der Waals surface area contributed by atoms with Crippen molar-refractivity contribution in [2.45, 2.75) is 38.6 Å². The van der Waals surface area contributed by atoms with Crippen LogP contribution in [0.2, 0.25) is 0 Å². The van der Waals surface area contributed by atoms with Crippen LogP contribution in [0.15, 0.2) is 18.5 Å². The van der Waals surface area contributed by atoms with Crippen molar-refractivity contribution >= 4 is 11.9 Å². The first-order valence-electron chi connectivity index (χ1n) is 7.25. The van der Waals surface area contributed by atoms with Crippen LogP contribution in [-0.2, 0) is 0 Å². The fraction of sp³-hybridized carbons (Fsp3) is 0.538. The van der Waals surface area contributed by atoms with E-state index in [4.69, 9.17) is 5.84 Å². The van der Waals surface area contributed by atoms with Gasteiger partial charge in [-0.3, -0.25) is 5.43 Å². The van der Waals surface area contributed by atoms with E-state index in [9.17, 15) is 0 Å². The van der Waals surface area contributed by atoms with Gasteiger partial charge in [-0.05, 0) is 24.8 Å². The van der Waals surface area contributed by atoms with Gasteiger partial charge in [0.15, 0.2) is 0 Å². The topological polar surface area (TPSA) is 107 Å². The van der Waals surface area contributed by atoms with Crippen LogP contribution < -0.4 is 16.6 Å². The maximum atomic E-state index is 5.44. The smallest absolute Gasteiger partial charge is 0.257 e. The van der Waals surface area contributed by atoms with Crippen LogP contribution in [0, 0.1) is 5.92 Å². The van der Waals surface area contributed by atoms with E-state index in [1.165, 1.54) is 19.3 Å². The van der Waals surface area contributed by atoms with Gasteiger partial charge >= 0.3 is 0 Å². The second kappa shape index (κ2) is 6.04. The predicted molar refractivity (Wildman–Crippen MR) is 79.8 cm³/mol. The van der Waals surface area contributed by atoms with E-state index in [1.54, 1.807) is 17.1 Å². The van der Waals surface area contributed by atoms with Crippen LogP contribution in [0.1, 0.15) is 32.6 Å². The lowest BCUT2D eigenvalue weighted by Gasteiger charge is -2.29. The highest BCUT2D eigenvalue weighted by Gasteiger charge is 2.22. The van der Waals surface area contributed by atoms with E-state index < -0.39 is 0 Å². The highest BCUT2D eigenvalue weighted by atomic mass is 15.4. The molecule has 2 unspecified atom stereocenters. The van der Waals surface area contributed by atoms with E-state index in [-0.39, 0.29) is 0 Å². The van der Waals surface area contributed by atoms with Gasteiger partial charge < -0.3 is 5.32 Å². The molecule has 1 fully saturated rings. The molecule has 4 N–H and O–H groups in total.